The fraction of sp³-hybridized carbons (Fsp3) is 0.586. The number of ether oxygens (including phenoxy) is 3. The van der Waals surface area contributed by atoms with E-state index in [0.717, 1.165) is 41.8 Å². The minimum atomic E-state index is -4.44. The number of carbonyl (C=O) groups is 1. The Balaban J connectivity index is 1.59. The number of aliphatic hydroxyl groups excluding tert-OH is 1. The Morgan fingerprint density at radius 3 is 2.32 bits per heavy atom. The number of alkyl halides is 3. The summed E-state index contributed by atoms with van der Waals surface area (Å²) < 4.78 is 58.3. The van der Waals surface area contributed by atoms with Crippen molar-refractivity contribution in [1.82, 2.24) is 4.98 Å². The van der Waals surface area contributed by atoms with Gasteiger partial charge in [0, 0.05) is 55.2 Å². The van der Waals surface area contributed by atoms with E-state index in [2.05, 4.69) is 0 Å². The first kappa shape index (κ1) is 25.8. The molecule has 0 radical (unpaired) electrons. The fourth-order valence-electron chi connectivity index (χ4n) is 6.74. The fourth-order valence-corrected chi connectivity index (χ4v) is 6.74. The van der Waals surface area contributed by atoms with Crippen LogP contribution in [0, 0.1) is 5.41 Å². The number of aliphatic hydroxyl groups is 1. The summed E-state index contributed by atoms with van der Waals surface area (Å²) in [4.78, 5) is 17.3. The zero-order valence-corrected chi connectivity index (χ0v) is 21.7. The van der Waals surface area contributed by atoms with Crippen molar-refractivity contribution in [3.8, 4) is 0 Å². The average molecular weight is 532 g/mol. The molecule has 2 spiro atoms. The molecule has 1 aromatic heterocycles. The lowest BCUT2D eigenvalue weighted by Crippen LogP contribution is -2.37. The standard InChI is InChI=1S/C29H32F3NO5/c1-15(2)23-21-22(20-19(35)14-27(8-9-27)26(24(20)33-23)37-16(3)34)28(10-12-36-13-11-28)38-25(21)17-4-6-18(7-5-17)29(30,31)32/h4-7,15,19,25-26,35H,8-14H2,1-3H3/t19-,25+,26?/m0/s1. The Morgan fingerprint density at radius 1 is 1.11 bits per heavy atom. The second-order valence-corrected chi connectivity index (χ2v) is 11.5. The van der Waals surface area contributed by atoms with E-state index in [4.69, 9.17) is 19.2 Å². The summed E-state index contributed by atoms with van der Waals surface area (Å²) >= 11 is 0. The van der Waals surface area contributed by atoms with Crippen molar-refractivity contribution < 1.29 is 37.3 Å². The van der Waals surface area contributed by atoms with Gasteiger partial charge in [-0.05, 0) is 48.4 Å². The van der Waals surface area contributed by atoms with Crippen molar-refractivity contribution in [3.63, 3.8) is 0 Å². The van der Waals surface area contributed by atoms with E-state index in [1.165, 1.54) is 19.1 Å². The maximum Gasteiger partial charge on any atom is 0.416 e. The third-order valence-corrected chi connectivity index (χ3v) is 8.69. The van der Waals surface area contributed by atoms with E-state index in [-0.39, 0.29) is 11.3 Å². The molecule has 0 amide bonds. The molecule has 3 atom stereocenters. The van der Waals surface area contributed by atoms with E-state index in [1.54, 1.807) is 0 Å². The number of fused-ring (bicyclic) bond motifs is 4. The Morgan fingerprint density at radius 2 is 1.76 bits per heavy atom. The molecule has 2 aliphatic heterocycles. The van der Waals surface area contributed by atoms with Crippen LogP contribution in [0.15, 0.2) is 24.3 Å². The lowest BCUT2D eigenvalue weighted by Gasteiger charge is -2.40. The predicted molar refractivity (Wildman–Crippen MR) is 130 cm³/mol. The number of rotatable bonds is 3. The largest absolute Gasteiger partial charge is 0.455 e. The molecule has 9 heteroatoms. The van der Waals surface area contributed by atoms with E-state index in [1.807, 2.05) is 13.8 Å². The van der Waals surface area contributed by atoms with Gasteiger partial charge in [-0.25, -0.2) is 0 Å². The van der Waals surface area contributed by atoms with Crippen LogP contribution in [0.5, 0.6) is 0 Å². The van der Waals surface area contributed by atoms with E-state index < -0.39 is 41.6 Å². The SMILES string of the molecule is CC(=O)OC1c2nc(C(C)C)c3c(c2[C@@H](O)CC12CC2)C1(CCOCC1)O[C@@H]3c1ccc(C(F)(F)F)cc1. The third kappa shape index (κ3) is 3.97. The topological polar surface area (TPSA) is 77.9 Å². The molecule has 38 heavy (non-hydrogen) atoms. The highest BCUT2D eigenvalue weighted by Gasteiger charge is 2.60. The number of benzene rings is 1. The predicted octanol–water partition coefficient (Wildman–Crippen LogP) is 6.17. The van der Waals surface area contributed by atoms with Crippen LogP contribution >= 0.6 is 0 Å². The van der Waals surface area contributed by atoms with Crippen molar-refractivity contribution >= 4 is 5.97 Å². The highest BCUT2D eigenvalue weighted by atomic mass is 19.4. The van der Waals surface area contributed by atoms with Gasteiger partial charge < -0.3 is 19.3 Å². The Hall–Kier alpha value is -2.49. The normalized spacial score (nSPS) is 26.9. The van der Waals surface area contributed by atoms with Crippen LogP contribution in [-0.4, -0.2) is 29.3 Å². The number of aromatic nitrogens is 1. The number of nitrogens with zero attached hydrogens (tertiary/aromatic N) is 1. The number of esters is 1. The molecule has 3 heterocycles. The first-order valence-electron chi connectivity index (χ1n) is 13.3. The molecule has 2 aliphatic carbocycles. The van der Waals surface area contributed by atoms with Crippen molar-refractivity contribution in [2.75, 3.05) is 13.2 Å². The zero-order valence-electron chi connectivity index (χ0n) is 21.7. The minimum absolute atomic E-state index is 0.0446. The molecule has 1 N–H and O–H groups in total. The second kappa shape index (κ2) is 8.76. The van der Waals surface area contributed by atoms with Gasteiger partial charge in [-0.3, -0.25) is 9.78 Å². The molecule has 2 aromatic rings. The van der Waals surface area contributed by atoms with Crippen LogP contribution < -0.4 is 0 Å². The Bertz CT molecular complexity index is 1260. The molecule has 6 nitrogen and oxygen atoms in total. The maximum atomic E-state index is 13.3. The average Bonchev–Trinajstić information content (AvgIpc) is 3.56. The summed E-state index contributed by atoms with van der Waals surface area (Å²) in [6, 6.07) is 5.10. The van der Waals surface area contributed by atoms with Gasteiger partial charge >= 0.3 is 12.1 Å². The molecule has 6 rings (SSSR count). The molecule has 1 aromatic carbocycles. The van der Waals surface area contributed by atoms with Gasteiger partial charge in [0.2, 0.25) is 0 Å². The number of carbonyl (C=O) groups excluding carboxylic acids is 1. The summed E-state index contributed by atoms with van der Waals surface area (Å²) in [5.41, 5.74) is 2.47. The van der Waals surface area contributed by atoms with E-state index in [0.29, 0.717) is 49.3 Å². The number of hydrogen-bond acceptors (Lipinski definition) is 6. The molecule has 0 bridgehead atoms. The van der Waals surface area contributed by atoms with E-state index >= 15 is 0 Å². The molecule has 4 aliphatic rings. The van der Waals surface area contributed by atoms with Crippen LogP contribution in [0.2, 0.25) is 0 Å². The maximum absolute atomic E-state index is 13.3. The van der Waals surface area contributed by atoms with Crippen LogP contribution in [0.25, 0.3) is 0 Å². The van der Waals surface area contributed by atoms with Gasteiger partial charge in [0.25, 0.3) is 0 Å². The van der Waals surface area contributed by atoms with Gasteiger partial charge in [0.15, 0.2) is 0 Å². The van der Waals surface area contributed by atoms with Crippen LogP contribution in [0.1, 0.15) is 116 Å². The van der Waals surface area contributed by atoms with Crippen LogP contribution in [0.3, 0.4) is 0 Å². The van der Waals surface area contributed by atoms with Crippen molar-refractivity contribution in [2.24, 2.45) is 5.41 Å². The van der Waals surface area contributed by atoms with Gasteiger partial charge in [-0.15, -0.1) is 0 Å². The number of halogens is 3. The van der Waals surface area contributed by atoms with Gasteiger partial charge in [-0.2, -0.15) is 13.2 Å². The molecular weight excluding hydrogens is 499 g/mol. The highest BCUT2D eigenvalue weighted by Crippen LogP contribution is 2.67. The van der Waals surface area contributed by atoms with E-state index in [9.17, 15) is 23.1 Å². The smallest absolute Gasteiger partial charge is 0.416 e. The molecular formula is C29H32F3NO5. The lowest BCUT2D eigenvalue weighted by molar-refractivity contribution is -0.153. The minimum Gasteiger partial charge on any atom is -0.455 e. The molecule has 1 saturated heterocycles. The number of hydrogen-bond donors (Lipinski definition) is 1. The Labute approximate surface area is 219 Å². The molecule has 2 fully saturated rings. The molecule has 1 unspecified atom stereocenters. The first-order chi connectivity index (χ1) is 18.0. The molecule has 1 saturated carbocycles. The van der Waals surface area contributed by atoms with Crippen LogP contribution in [-0.2, 0) is 30.8 Å². The summed E-state index contributed by atoms with van der Waals surface area (Å²) in [7, 11) is 0. The lowest BCUT2D eigenvalue weighted by atomic mass is 9.72. The van der Waals surface area contributed by atoms with Crippen molar-refractivity contribution in [1.29, 1.82) is 0 Å². The van der Waals surface area contributed by atoms with Gasteiger partial charge in [0.1, 0.15) is 12.2 Å². The summed E-state index contributed by atoms with van der Waals surface area (Å²) in [6.45, 7) is 6.34. The summed E-state index contributed by atoms with van der Waals surface area (Å²) in [5.74, 6) is -0.437. The Kier molecular flexibility index (Phi) is 5.94. The summed E-state index contributed by atoms with van der Waals surface area (Å²) in [5, 5.41) is 11.6. The highest BCUT2D eigenvalue weighted by molar-refractivity contribution is 5.67. The quantitative estimate of drug-likeness (QED) is 0.478. The monoisotopic (exact) mass is 531 g/mol. The third-order valence-electron chi connectivity index (χ3n) is 8.69. The van der Waals surface area contributed by atoms with Crippen molar-refractivity contribution in [3.05, 3.63) is 63.5 Å². The first-order valence-corrected chi connectivity index (χ1v) is 13.3. The summed E-state index contributed by atoms with van der Waals surface area (Å²) in [6.07, 6.45) is -3.20. The van der Waals surface area contributed by atoms with Gasteiger partial charge in [-0.1, -0.05) is 26.0 Å². The number of pyridine rings is 1. The van der Waals surface area contributed by atoms with Crippen LogP contribution in [0.4, 0.5) is 13.2 Å². The van der Waals surface area contributed by atoms with Gasteiger partial charge in [0.05, 0.1) is 23.0 Å². The molecule has 204 valence electrons. The second-order valence-electron chi connectivity index (χ2n) is 11.5. The van der Waals surface area contributed by atoms with Crippen molar-refractivity contribution in [2.45, 2.75) is 88.9 Å². The zero-order chi connectivity index (χ0) is 27.0.